The van der Waals surface area contributed by atoms with Crippen molar-refractivity contribution in [2.45, 2.75) is 32.2 Å². The number of carboxylic acid groups (broad SMARTS) is 1. The highest BCUT2D eigenvalue weighted by Gasteiger charge is 2.18. The zero-order valence-corrected chi connectivity index (χ0v) is 12.1. The van der Waals surface area contributed by atoms with Crippen molar-refractivity contribution < 1.29 is 14.7 Å². The number of rotatable bonds is 7. The van der Waals surface area contributed by atoms with E-state index in [1.807, 2.05) is 6.92 Å². The predicted octanol–water partition coefficient (Wildman–Crippen LogP) is 2.28. The molecule has 0 aliphatic heterocycles. The molecule has 0 spiro atoms. The number of halogens is 1. The molecule has 0 fully saturated rings. The van der Waals surface area contributed by atoms with Gasteiger partial charge in [0, 0.05) is 23.2 Å². The minimum Gasteiger partial charge on any atom is -0.480 e. The molecule has 0 bridgehead atoms. The number of nitrogens with two attached hydrogens (primary N) is 1. The Morgan fingerprint density at radius 1 is 1.45 bits per heavy atom. The number of benzene rings is 1. The predicted molar refractivity (Wildman–Crippen MR) is 78.9 cm³/mol. The van der Waals surface area contributed by atoms with Crippen LogP contribution in [0.25, 0.3) is 0 Å². The normalized spacial score (nSPS) is 11.9. The summed E-state index contributed by atoms with van der Waals surface area (Å²) < 4.78 is 0. The number of anilines is 1. The molecule has 1 unspecified atom stereocenters. The van der Waals surface area contributed by atoms with Crippen molar-refractivity contribution >= 4 is 29.2 Å². The van der Waals surface area contributed by atoms with Crippen LogP contribution in [0.4, 0.5) is 5.69 Å². The minimum absolute atomic E-state index is 0.0295. The van der Waals surface area contributed by atoms with E-state index in [4.69, 9.17) is 22.4 Å². The lowest BCUT2D eigenvalue weighted by molar-refractivity contribution is -0.136. The number of nitrogens with zero attached hydrogens (tertiary/aromatic N) is 1. The molecule has 0 saturated heterocycles. The smallest absolute Gasteiger partial charge is 0.323 e. The van der Waals surface area contributed by atoms with Crippen molar-refractivity contribution in [3.8, 4) is 0 Å². The maximum Gasteiger partial charge on any atom is 0.323 e. The van der Waals surface area contributed by atoms with Gasteiger partial charge < -0.3 is 15.7 Å². The van der Waals surface area contributed by atoms with Gasteiger partial charge in [-0.2, -0.15) is 0 Å². The average molecular weight is 299 g/mol. The second-order valence-electron chi connectivity index (χ2n) is 4.72. The van der Waals surface area contributed by atoms with Crippen LogP contribution < -0.4 is 10.6 Å². The lowest BCUT2D eigenvalue weighted by Crippen LogP contribution is -2.35. The molecule has 1 amide bonds. The van der Waals surface area contributed by atoms with Gasteiger partial charge in [0.2, 0.25) is 5.91 Å². The van der Waals surface area contributed by atoms with Gasteiger partial charge in [0.25, 0.3) is 0 Å². The number of hydrogen-bond donors (Lipinski definition) is 2. The molecule has 0 aliphatic rings. The van der Waals surface area contributed by atoms with E-state index in [1.165, 1.54) is 4.90 Å². The SMILES string of the molecule is CC(N)CCCC(=O)N(CC(=O)O)c1cccc(Cl)c1. The number of aliphatic carboxylic acids is 1. The minimum atomic E-state index is -1.06. The molecule has 0 radical (unpaired) electrons. The summed E-state index contributed by atoms with van der Waals surface area (Å²) in [5.41, 5.74) is 6.12. The monoisotopic (exact) mass is 298 g/mol. The topological polar surface area (TPSA) is 83.6 Å². The summed E-state index contributed by atoms with van der Waals surface area (Å²) in [5.74, 6) is -1.30. The highest BCUT2D eigenvalue weighted by molar-refractivity contribution is 6.30. The summed E-state index contributed by atoms with van der Waals surface area (Å²) in [6, 6.07) is 6.63. The molecule has 0 heterocycles. The number of amides is 1. The highest BCUT2D eigenvalue weighted by Crippen LogP contribution is 2.20. The number of carbonyl (C=O) groups is 2. The number of hydrogen-bond acceptors (Lipinski definition) is 3. The molecular formula is C14H19ClN2O3. The molecule has 0 aliphatic carbocycles. The van der Waals surface area contributed by atoms with Crippen LogP contribution in [0.5, 0.6) is 0 Å². The van der Waals surface area contributed by atoms with Crippen molar-refractivity contribution in [3.63, 3.8) is 0 Å². The molecule has 1 aromatic carbocycles. The standard InChI is InChI=1S/C14H19ClN2O3/c1-10(16)4-2-7-13(18)17(9-14(19)20)12-6-3-5-11(15)8-12/h3,5-6,8,10H,2,4,7,9,16H2,1H3,(H,19,20). The van der Waals surface area contributed by atoms with Crippen LogP contribution in [0.1, 0.15) is 26.2 Å². The number of carbonyl (C=O) groups excluding carboxylic acids is 1. The van der Waals surface area contributed by atoms with E-state index in [0.29, 0.717) is 17.1 Å². The lowest BCUT2D eigenvalue weighted by atomic mass is 10.1. The van der Waals surface area contributed by atoms with Crippen LogP contribution in [-0.4, -0.2) is 29.6 Å². The van der Waals surface area contributed by atoms with Crippen molar-refractivity contribution in [2.24, 2.45) is 5.73 Å². The second-order valence-corrected chi connectivity index (χ2v) is 5.16. The Bertz CT molecular complexity index is 477. The van der Waals surface area contributed by atoms with Gasteiger partial charge in [0.05, 0.1) is 0 Å². The van der Waals surface area contributed by atoms with Gasteiger partial charge in [-0.05, 0) is 38.0 Å². The molecular weight excluding hydrogens is 280 g/mol. The van der Waals surface area contributed by atoms with Crippen molar-refractivity contribution in [3.05, 3.63) is 29.3 Å². The van der Waals surface area contributed by atoms with E-state index in [9.17, 15) is 9.59 Å². The Hall–Kier alpha value is -1.59. The fourth-order valence-electron chi connectivity index (χ4n) is 1.81. The van der Waals surface area contributed by atoms with Crippen LogP contribution in [0.3, 0.4) is 0 Å². The summed E-state index contributed by atoms with van der Waals surface area (Å²) in [5, 5.41) is 9.39. The maximum atomic E-state index is 12.2. The van der Waals surface area contributed by atoms with Gasteiger partial charge in [-0.3, -0.25) is 9.59 Å². The summed E-state index contributed by atoms with van der Waals surface area (Å²) in [6.45, 7) is 1.49. The molecule has 5 nitrogen and oxygen atoms in total. The summed E-state index contributed by atoms with van der Waals surface area (Å²) in [6.07, 6.45) is 1.62. The quantitative estimate of drug-likeness (QED) is 0.809. The highest BCUT2D eigenvalue weighted by atomic mass is 35.5. The fourth-order valence-corrected chi connectivity index (χ4v) is 2.00. The molecule has 6 heteroatoms. The molecule has 1 atom stereocenters. The van der Waals surface area contributed by atoms with E-state index in [-0.39, 0.29) is 24.9 Å². The largest absolute Gasteiger partial charge is 0.480 e. The summed E-state index contributed by atoms with van der Waals surface area (Å²) in [4.78, 5) is 24.3. The van der Waals surface area contributed by atoms with E-state index >= 15 is 0 Å². The van der Waals surface area contributed by atoms with Crippen molar-refractivity contribution in [2.75, 3.05) is 11.4 Å². The van der Waals surface area contributed by atoms with Crippen LogP contribution >= 0.6 is 11.6 Å². The van der Waals surface area contributed by atoms with E-state index in [1.54, 1.807) is 24.3 Å². The third-order valence-electron chi connectivity index (χ3n) is 2.76. The Labute approximate surface area is 123 Å². The first-order valence-corrected chi connectivity index (χ1v) is 6.81. The number of carboxylic acids is 1. The van der Waals surface area contributed by atoms with Gasteiger partial charge in [-0.15, -0.1) is 0 Å². The van der Waals surface area contributed by atoms with Gasteiger partial charge in [0.15, 0.2) is 0 Å². The third kappa shape index (κ3) is 5.59. The molecule has 1 rings (SSSR count). The van der Waals surface area contributed by atoms with E-state index < -0.39 is 5.97 Å². The van der Waals surface area contributed by atoms with Crippen molar-refractivity contribution in [1.82, 2.24) is 0 Å². The lowest BCUT2D eigenvalue weighted by Gasteiger charge is -2.21. The fraction of sp³-hybridized carbons (Fsp3) is 0.429. The molecule has 110 valence electrons. The first kappa shape index (κ1) is 16.5. The second kappa shape index (κ2) is 7.87. The average Bonchev–Trinajstić information content (AvgIpc) is 2.35. The Balaban J connectivity index is 2.78. The van der Waals surface area contributed by atoms with Crippen LogP contribution in [0.2, 0.25) is 5.02 Å². The van der Waals surface area contributed by atoms with Crippen LogP contribution in [0.15, 0.2) is 24.3 Å². The van der Waals surface area contributed by atoms with Crippen molar-refractivity contribution in [1.29, 1.82) is 0 Å². The van der Waals surface area contributed by atoms with Gasteiger partial charge in [0.1, 0.15) is 6.54 Å². The molecule has 1 aromatic rings. The van der Waals surface area contributed by atoms with Crippen LogP contribution in [0, 0.1) is 0 Å². The van der Waals surface area contributed by atoms with E-state index in [0.717, 1.165) is 6.42 Å². The first-order chi connectivity index (χ1) is 9.40. The zero-order chi connectivity index (χ0) is 15.1. The summed E-state index contributed by atoms with van der Waals surface area (Å²) in [7, 11) is 0. The molecule has 0 saturated carbocycles. The third-order valence-corrected chi connectivity index (χ3v) is 3.00. The maximum absolute atomic E-state index is 12.2. The van der Waals surface area contributed by atoms with Gasteiger partial charge in [-0.25, -0.2) is 0 Å². The Kier molecular flexibility index (Phi) is 6.48. The van der Waals surface area contributed by atoms with Crippen LogP contribution in [-0.2, 0) is 9.59 Å². The first-order valence-electron chi connectivity index (χ1n) is 6.43. The zero-order valence-electron chi connectivity index (χ0n) is 11.4. The Morgan fingerprint density at radius 3 is 2.70 bits per heavy atom. The molecule has 3 N–H and O–H groups in total. The van der Waals surface area contributed by atoms with Gasteiger partial charge >= 0.3 is 5.97 Å². The Morgan fingerprint density at radius 2 is 2.15 bits per heavy atom. The molecule has 20 heavy (non-hydrogen) atoms. The molecule has 0 aromatic heterocycles. The van der Waals surface area contributed by atoms with E-state index in [2.05, 4.69) is 0 Å². The summed E-state index contributed by atoms with van der Waals surface area (Å²) >= 11 is 5.87. The van der Waals surface area contributed by atoms with Gasteiger partial charge in [-0.1, -0.05) is 17.7 Å².